The van der Waals surface area contributed by atoms with Gasteiger partial charge in [-0.2, -0.15) is 13.2 Å². The van der Waals surface area contributed by atoms with Crippen molar-refractivity contribution < 1.29 is 32.3 Å². The van der Waals surface area contributed by atoms with Gasteiger partial charge >= 0.3 is 18.1 Å². The third kappa shape index (κ3) is 3.52. The molecule has 1 saturated carbocycles. The minimum absolute atomic E-state index is 0.0785. The van der Waals surface area contributed by atoms with Crippen LogP contribution >= 0.6 is 0 Å². The van der Waals surface area contributed by atoms with Gasteiger partial charge < -0.3 is 14.5 Å². The lowest BCUT2D eigenvalue weighted by Gasteiger charge is -2.41. The molecule has 0 N–H and O–H groups in total. The molecule has 9 heteroatoms. The number of fused-ring (bicyclic) bond motifs is 1. The summed E-state index contributed by atoms with van der Waals surface area (Å²) in [6.07, 6.45) is -5.09. The molecule has 0 unspecified atom stereocenters. The van der Waals surface area contributed by atoms with Gasteiger partial charge in [-0.25, -0.2) is 4.79 Å². The van der Waals surface area contributed by atoms with Crippen molar-refractivity contribution in [2.24, 2.45) is 22.7 Å². The van der Waals surface area contributed by atoms with Crippen molar-refractivity contribution in [2.45, 2.75) is 52.9 Å². The van der Waals surface area contributed by atoms with Gasteiger partial charge in [0, 0.05) is 19.5 Å². The van der Waals surface area contributed by atoms with E-state index in [9.17, 15) is 27.6 Å². The molecule has 0 spiro atoms. The molecule has 2 amide bonds. The van der Waals surface area contributed by atoms with Gasteiger partial charge in [-0.15, -0.1) is 0 Å². The molecule has 2 aliphatic rings. The summed E-state index contributed by atoms with van der Waals surface area (Å²) in [6.45, 7) is 9.00. The van der Waals surface area contributed by atoms with Crippen LogP contribution in [-0.2, 0) is 19.1 Å². The number of carbonyl (C=O) groups is 3. The summed E-state index contributed by atoms with van der Waals surface area (Å²) < 4.78 is 43.6. The minimum Gasteiger partial charge on any atom is -0.467 e. The molecule has 0 aromatic rings. The molecular weight excluding hydrogens is 365 g/mol. The van der Waals surface area contributed by atoms with Crippen molar-refractivity contribution in [3.8, 4) is 0 Å². The molecule has 1 saturated heterocycles. The Hall–Kier alpha value is -1.80. The van der Waals surface area contributed by atoms with Crippen LogP contribution in [0.25, 0.3) is 0 Å². The van der Waals surface area contributed by atoms with Crippen molar-refractivity contribution in [3.05, 3.63) is 0 Å². The lowest BCUT2D eigenvalue weighted by Crippen LogP contribution is -2.60. The van der Waals surface area contributed by atoms with E-state index < -0.39 is 41.5 Å². The molecule has 154 valence electrons. The molecule has 0 radical (unpaired) electrons. The fraction of sp³-hybridized carbons (Fsp3) is 0.833. The second kappa shape index (κ2) is 6.38. The average Bonchev–Trinajstić information content (AvgIpc) is 2.87. The number of carbonyl (C=O) groups excluding carboxylic acids is 3. The first-order valence-corrected chi connectivity index (χ1v) is 8.79. The Balaban J connectivity index is 2.36. The fourth-order valence-corrected chi connectivity index (χ4v) is 4.49. The Labute approximate surface area is 157 Å². The van der Waals surface area contributed by atoms with E-state index in [1.54, 1.807) is 20.8 Å². The largest absolute Gasteiger partial charge is 0.471 e. The number of hydrogen-bond donors (Lipinski definition) is 0. The van der Waals surface area contributed by atoms with E-state index in [-0.39, 0.29) is 23.8 Å². The number of piperidine rings is 1. The van der Waals surface area contributed by atoms with Gasteiger partial charge in [-0.1, -0.05) is 34.6 Å². The second-order valence-corrected chi connectivity index (χ2v) is 9.09. The van der Waals surface area contributed by atoms with E-state index >= 15 is 0 Å². The molecule has 0 bridgehead atoms. The maximum atomic E-state index is 13.2. The zero-order valence-corrected chi connectivity index (χ0v) is 16.7. The average molecular weight is 392 g/mol. The highest BCUT2D eigenvalue weighted by atomic mass is 19.4. The Morgan fingerprint density at radius 2 is 1.70 bits per heavy atom. The number of likely N-dealkylation sites (tertiary alicyclic amines) is 1. The van der Waals surface area contributed by atoms with Crippen LogP contribution in [0.1, 0.15) is 34.6 Å². The molecule has 0 aromatic heterocycles. The number of esters is 1. The number of nitrogens with zero attached hydrogens (tertiary/aromatic N) is 2. The number of halogens is 3. The van der Waals surface area contributed by atoms with Crippen LogP contribution in [0.2, 0.25) is 0 Å². The van der Waals surface area contributed by atoms with Crippen LogP contribution in [-0.4, -0.2) is 66.5 Å². The summed E-state index contributed by atoms with van der Waals surface area (Å²) in [7, 11) is 2.19. The predicted octanol–water partition coefficient (Wildman–Crippen LogP) is 2.08. The third-order valence-corrected chi connectivity index (χ3v) is 5.94. The van der Waals surface area contributed by atoms with E-state index in [2.05, 4.69) is 0 Å². The van der Waals surface area contributed by atoms with Crippen LogP contribution in [0.15, 0.2) is 0 Å². The summed E-state index contributed by atoms with van der Waals surface area (Å²) in [5.41, 5.74) is -1.10. The smallest absolute Gasteiger partial charge is 0.467 e. The highest BCUT2D eigenvalue weighted by Gasteiger charge is 2.70. The summed E-state index contributed by atoms with van der Waals surface area (Å²) >= 11 is 0. The number of likely N-dealkylation sites (N-methyl/N-ethyl adjacent to an activating group) is 1. The zero-order valence-electron chi connectivity index (χ0n) is 16.7. The third-order valence-electron chi connectivity index (χ3n) is 5.94. The molecule has 1 aliphatic carbocycles. The van der Waals surface area contributed by atoms with Gasteiger partial charge in [0.05, 0.1) is 7.11 Å². The lowest BCUT2D eigenvalue weighted by atomic mass is 9.84. The molecule has 1 heterocycles. The minimum atomic E-state index is -5.09. The first kappa shape index (κ1) is 21.5. The Bertz CT molecular complexity index is 654. The Morgan fingerprint density at radius 1 is 1.19 bits per heavy atom. The molecular formula is C18H27F3N2O4. The van der Waals surface area contributed by atoms with Crippen molar-refractivity contribution in [1.29, 1.82) is 0 Å². The number of hydrogen-bond acceptors (Lipinski definition) is 4. The van der Waals surface area contributed by atoms with Crippen LogP contribution in [0.3, 0.4) is 0 Å². The van der Waals surface area contributed by atoms with Crippen LogP contribution in [0, 0.1) is 22.7 Å². The highest BCUT2D eigenvalue weighted by Crippen LogP contribution is 2.65. The topological polar surface area (TPSA) is 66.9 Å². The summed E-state index contributed by atoms with van der Waals surface area (Å²) in [5, 5.41) is 0. The number of methoxy groups -OCH3 is 1. The van der Waals surface area contributed by atoms with E-state index in [1.807, 2.05) is 13.8 Å². The van der Waals surface area contributed by atoms with Gasteiger partial charge in [0.2, 0.25) is 5.91 Å². The van der Waals surface area contributed by atoms with Crippen molar-refractivity contribution in [3.63, 3.8) is 0 Å². The zero-order chi connectivity index (χ0) is 21.1. The molecule has 2 fully saturated rings. The monoisotopic (exact) mass is 392 g/mol. The standard InChI is InChI=1S/C18H27F3N2O4/c1-16(2,3)12(22(6)15(26)18(19,20)21)13(24)23-8-9-10(17(9,4)5)11(23)14(25)27-7/h9-12H,8H2,1-7H3/t9-,10-,11-,12+/m0/s1. The lowest BCUT2D eigenvalue weighted by molar-refractivity contribution is -0.190. The number of amides is 2. The summed E-state index contributed by atoms with van der Waals surface area (Å²) in [6, 6.07) is -2.21. The molecule has 4 atom stereocenters. The van der Waals surface area contributed by atoms with Gasteiger partial charge in [0.1, 0.15) is 12.1 Å². The maximum absolute atomic E-state index is 13.2. The SMILES string of the molecule is COC(=O)[C@@H]1[C@@H]2[C@H](CN1C(=O)[C@@H](N(C)C(=O)C(F)(F)F)C(C)(C)C)C2(C)C. The maximum Gasteiger partial charge on any atom is 0.471 e. The first-order valence-electron chi connectivity index (χ1n) is 8.79. The second-order valence-electron chi connectivity index (χ2n) is 9.09. The van der Waals surface area contributed by atoms with Gasteiger partial charge in [-0.3, -0.25) is 9.59 Å². The van der Waals surface area contributed by atoms with Gasteiger partial charge in [0.15, 0.2) is 0 Å². The summed E-state index contributed by atoms with van der Waals surface area (Å²) in [5.74, 6) is -3.36. The van der Waals surface area contributed by atoms with Gasteiger partial charge in [-0.05, 0) is 16.7 Å². The van der Waals surface area contributed by atoms with Crippen LogP contribution in [0.5, 0.6) is 0 Å². The quantitative estimate of drug-likeness (QED) is 0.690. The van der Waals surface area contributed by atoms with Crippen LogP contribution in [0.4, 0.5) is 13.2 Å². The fourth-order valence-electron chi connectivity index (χ4n) is 4.49. The highest BCUT2D eigenvalue weighted by molar-refractivity contribution is 5.93. The molecule has 27 heavy (non-hydrogen) atoms. The number of alkyl halides is 3. The first-order chi connectivity index (χ1) is 12.1. The Kier molecular flexibility index (Phi) is 5.08. The van der Waals surface area contributed by atoms with Crippen molar-refractivity contribution in [1.82, 2.24) is 9.80 Å². The Morgan fingerprint density at radius 3 is 2.11 bits per heavy atom. The van der Waals surface area contributed by atoms with Crippen molar-refractivity contribution >= 4 is 17.8 Å². The number of rotatable bonds is 3. The molecule has 0 aromatic carbocycles. The van der Waals surface area contributed by atoms with E-state index in [0.29, 0.717) is 4.90 Å². The number of ether oxygens (including phenoxy) is 1. The van der Waals surface area contributed by atoms with Gasteiger partial charge in [0.25, 0.3) is 0 Å². The predicted molar refractivity (Wildman–Crippen MR) is 90.3 cm³/mol. The van der Waals surface area contributed by atoms with E-state index in [4.69, 9.17) is 4.74 Å². The van der Waals surface area contributed by atoms with E-state index in [0.717, 1.165) is 7.05 Å². The van der Waals surface area contributed by atoms with Crippen LogP contribution < -0.4 is 0 Å². The molecule has 6 nitrogen and oxygen atoms in total. The van der Waals surface area contributed by atoms with Crippen molar-refractivity contribution in [2.75, 3.05) is 20.7 Å². The summed E-state index contributed by atoms with van der Waals surface area (Å²) in [4.78, 5) is 39.0. The molecule has 2 rings (SSSR count). The van der Waals surface area contributed by atoms with E-state index in [1.165, 1.54) is 12.0 Å². The normalized spacial score (nSPS) is 27.6. The molecule has 1 aliphatic heterocycles.